The molecular formula is C30H35F5O. The van der Waals surface area contributed by atoms with Crippen molar-refractivity contribution in [2.45, 2.75) is 89.1 Å². The predicted octanol–water partition coefficient (Wildman–Crippen LogP) is 9.50. The molecule has 3 aliphatic carbocycles. The molecule has 196 valence electrons. The fourth-order valence-corrected chi connectivity index (χ4v) is 7.19. The van der Waals surface area contributed by atoms with E-state index >= 15 is 0 Å². The van der Waals surface area contributed by atoms with Crippen LogP contribution in [0.3, 0.4) is 0 Å². The maximum absolute atomic E-state index is 14.6. The lowest BCUT2D eigenvalue weighted by atomic mass is 9.66. The van der Waals surface area contributed by atoms with Gasteiger partial charge in [0, 0.05) is 12.1 Å². The van der Waals surface area contributed by atoms with Crippen molar-refractivity contribution in [3.63, 3.8) is 0 Å². The van der Waals surface area contributed by atoms with E-state index < -0.39 is 34.9 Å². The lowest BCUT2D eigenvalue weighted by Gasteiger charge is -2.39. The Morgan fingerprint density at radius 1 is 0.611 bits per heavy atom. The average molecular weight is 507 g/mol. The van der Waals surface area contributed by atoms with Gasteiger partial charge in [0.25, 0.3) is 0 Å². The Morgan fingerprint density at radius 3 is 1.56 bits per heavy atom. The fraction of sp³-hybridized carbons (Fsp3) is 0.600. The Bertz CT molecular complexity index is 991. The quantitative estimate of drug-likeness (QED) is 0.280. The van der Waals surface area contributed by atoms with Crippen molar-refractivity contribution in [3.05, 3.63) is 65.0 Å². The number of halogens is 5. The molecule has 3 fully saturated rings. The molecule has 0 unspecified atom stereocenters. The number of alkyl halides is 2. The maximum Gasteiger partial charge on any atom is 0.426 e. The number of benzene rings is 2. The molecule has 0 aromatic heterocycles. The number of hydrogen-bond donors (Lipinski definition) is 0. The molecule has 0 radical (unpaired) electrons. The summed E-state index contributed by atoms with van der Waals surface area (Å²) in [6, 6.07) is 6.86. The van der Waals surface area contributed by atoms with Gasteiger partial charge in [-0.3, -0.25) is 0 Å². The molecule has 1 nitrogen and oxygen atoms in total. The van der Waals surface area contributed by atoms with Crippen LogP contribution in [-0.2, 0) is 6.11 Å². The van der Waals surface area contributed by atoms with Crippen molar-refractivity contribution in [1.82, 2.24) is 0 Å². The highest BCUT2D eigenvalue weighted by Crippen LogP contribution is 2.47. The average Bonchev–Trinajstić information content (AvgIpc) is 3.43. The minimum absolute atomic E-state index is 0.361. The molecule has 2 aromatic carbocycles. The SMILES string of the molecule is Fc1cc(OC(F)(F)c2ccc(C3CCC(C4CCC(C5CCCC5)CC4)CC3)cc2)cc(F)c1F. The molecule has 0 N–H and O–H groups in total. The van der Waals surface area contributed by atoms with Gasteiger partial charge in [-0.25, -0.2) is 13.2 Å². The highest BCUT2D eigenvalue weighted by molar-refractivity contribution is 5.30. The lowest BCUT2D eigenvalue weighted by molar-refractivity contribution is -0.185. The van der Waals surface area contributed by atoms with E-state index in [1.54, 1.807) is 12.1 Å². The predicted molar refractivity (Wildman–Crippen MR) is 129 cm³/mol. The molecule has 3 saturated carbocycles. The zero-order chi connectivity index (χ0) is 25.3. The van der Waals surface area contributed by atoms with Crippen molar-refractivity contribution in [2.24, 2.45) is 23.7 Å². The minimum atomic E-state index is -3.80. The van der Waals surface area contributed by atoms with Crippen LogP contribution < -0.4 is 4.74 Å². The molecule has 0 heterocycles. The topological polar surface area (TPSA) is 9.23 Å². The van der Waals surface area contributed by atoms with E-state index in [1.807, 2.05) is 0 Å². The van der Waals surface area contributed by atoms with Gasteiger partial charge in [-0.05, 0) is 98.7 Å². The summed E-state index contributed by atoms with van der Waals surface area (Å²) in [5.74, 6) is -1.69. The minimum Gasteiger partial charge on any atom is -0.429 e. The van der Waals surface area contributed by atoms with E-state index in [1.165, 1.54) is 76.3 Å². The van der Waals surface area contributed by atoms with E-state index in [0.717, 1.165) is 42.1 Å². The van der Waals surface area contributed by atoms with Crippen LogP contribution in [0.4, 0.5) is 22.0 Å². The molecule has 0 spiro atoms. The van der Waals surface area contributed by atoms with Gasteiger partial charge in [0.05, 0.1) is 5.56 Å². The molecule has 0 amide bonds. The molecule has 0 saturated heterocycles. The van der Waals surface area contributed by atoms with Crippen LogP contribution in [0.2, 0.25) is 0 Å². The van der Waals surface area contributed by atoms with Gasteiger partial charge in [0.15, 0.2) is 17.5 Å². The molecule has 5 rings (SSSR count). The second-order valence-corrected chi connectivity index (χ2v) is 11.3. The van der Waals surface area contributed by atoms with E-state index in [4.69, 9.17) is 0 Å². The Balaban J connectivity index is 1.13. The highest BCUT2D eigenvalue weighted by Gasteiger charge is 2.37. The molecule has 2 aromatic rings. The van der Waals surface area contributed by atoms with Crippen molar-refractivity contribution >= 4 is 0 Å². The van der Waals surface area contributed by atoms with Gasteiger partial charge < -0.3 is 4.74 Å². The maximum atomic E-state index is 14.6. The number of hydrogen-bond acceptors (Lipinski definition) is 1. The van der Waals surface area contributed by atoms with E-state index in [-0.39, 0.29) is 0 Å². The highest BCUT2D eigenvalue weighted by atomic mass is 19.3. The van der Waals surface area contributed by atoms with Gasteiger partial charge in [-0.1, -0.05) is 37.8 Å². The molecule has 0 atom stereocenters. The summed E-state index contributed by atoms with van der Waals surface area (Å²) >= 11 is 0. The van der Waals surface area contributed by atoms with Gasteiger partial charge in [0.2, 0.25) is 0 Å². The third-order valence-corrected chi connectivity index (χ3v) is 9.24. The van der Waals surface area contributed by atoms with Crippen LogP contribution in [-0.4, -0.2) is 0 Å². The van der Waals surface area contributed by atoms with Crippen LogP contribution in [0.15, 0.2) is 36.4 Å². The lowest BCUT2D eigenvalue weighted by Crippen LogP contribution is -2.27. The van der Waals surface area contributed by atoms with Gasteiger partial charge >= 0.3 is 6.11 Å². The summed E-state index contributed by atoms with van der Waals surface area (Å²) in [7, 11) is 0. The summed E-state index contributed by atoms with van der Waals surface area (Å²) < 4.78 is 73.6. The van der Waals surface area contributed by atoms with Crippen molar-refractivity contribution < 1.29 is 26.7 Å². The van der Waals surface area contributed by atoms with Crippen molar-refractivity contribution in [1.29, 1.82) is 0 Å². The Morgan fingerprint density at radius 2 is 1.06 bits per heavy atom. The van der Waals surface area contributed by atoms with Crippen LogP contribution >= 0.6 is 0 Å². The summed E-state index contributed by atoms with van der Waals surface area (Å²) in [6.07, 6.45) is 12.1. The zero-order valence-electron chi connectivity index (χ0n) is 20.6. The third-order valence-electron chi connectivity index (χ3n) is 9.24. The van der Waals surface area contributed by atoms with Crippen LogP contribution in [0, 0.1) is 41.1 Å². The second kappa shape index (κ2) is 10.7. The number of rotatable bonds is 6. The standard InChI is InChI=1S/C30H35F5O/c31-27-17-26(18-28(32)29(27)33)36-30(34,35)25-15-13-24(14-16-25)23-11-9-22(10-12-23)21-7-5-20(6-8-21)19-3-1-2-4-19/h13-23H,1-12H2. The normalized spacial score (nSPS) is 27.8. The summed E-state index contributed by atoms with van der Waals surface area (Å²) in [5, 5.41) is 0. The monoisotopic (exact) mass is 506 g/mol. The van der Waals surface area contributed by atoms with Crippen LogP contribution in [0.1, 0.15) is 94.1 Å². The third kappa shape index (κ3) is 5.57. The summed E-state index contributed by atoms with van der Waals surface area (Å²) in [4.78, 5) is 0. The second-order valence-electron chi connectivity index (χ2n) is 11.3. The van der Waals surface area contributed by atoms with Gasteiger partial charge in [-0.2, -0.15) is 8.78 Å². The molecule has 0 bridgehead atoms. The van der Waals surface area contributed by atoms with E-state index in [0.29, 0.717) is 18.1 Å². The first kappa shape index (κ1) is 25.5. The molecule has 3 aliphatic rings. The van der Waals surface area contributed by atoms with Crippen molar-refractivity contribution in [3.8, 4) is 5.75 Å². The van der Waals surface area contributed by atoms with E-state index in [9.17, 15) is 22.0 Å². The van der Waals surface area contributed by atoms with Crippen LogP contribution in [0.5, 0.6) is 5.75 Å². The van der Waals surface area contributed by atoms with Crippen molar-refractivity contribution in [2.75, 3.05) is 0 Å². The molecular weight excluding hydrogens is 471 g/mol. The van der Waals surface area contributed by atoms with Crippen LogP contribution in [0.25, 0.3) is 0 Å². The summed E-state index contributed by atoms with van der Waals surface area (Å²) in [5.41, 5.74) is 0.626. The molecule has 0 aliphatic heterocycles. The van der Waals surface area contributed by atoms with E-state index in [2.05, 4.69) is 4.74 Å². The van der Waals surface area contributed by atoms with Gasteiger partial charge in [-0.15, -0.1) is 0 Å². The Hall–Kier alpha value is -2.11. The zero-order valence-corrected chi connectivity index (χ0v) is 20.6. The smallest absolute Gasteiger partial charge is 0.426 e. The first-order chi connectivity index (χ1) is 17.3. The number of ether oxygens (including phenoxy) is 1. The molecule has 6 heteroatoms. The first-order valence-corrected chi connectivity index (χ1v) is 13.6. The largest absolute Gasteiger partial charge is 0.429 e. The summed E-state index contributed by atoms with van der Waals surface area (Å²) in [6.45, 7) is 0. The first-order valence-electron chi connectivity index (χ1n) is 13.6. The Kier molecular flexibility index (Phi) is 7.60. The fourth-order valence-electron chi connectivity index (χ4n) is 7.19. The molecule has 36 heavy (non-hydrogen) atoms. The Labute approximate surface area is 210 Å². The van der Waals surface area contributed by atoms with Gasteiger partial charge in [0.1, 0.15) is 5.75 Å².